The molecule has 2 heterocycles. The number of aromatic nitrogens is 2. The molecule has 0 radical (unpaired) electrons. The summed E-state index contributed by atoms with van der Waals surface area (Å²) < 4.78 is 45.8. The predicted octanol–water partition coefficient (Wildman–Crippen LogP) is 14.0. The molecule has 0 saturated heterocycles. The number of fused-ring (bicyclic) bond motifs is 6. The summed E-state index contributed by atoms with van der Waals surface area (Å²) in [4.78, 5) is 7.62. The Balaban J connectivity index is 1.43. The molecule has 0 unspecified atom stereocenters. The van der Waals surface area contributed by atoms with Gasteiger partial charge >= 0.3 is 6.18 Å². The summed E-state index contributed by atoms with van der Waals surface area (Å²) in [7, 11) is 0. The average Bonchev–Trinajstić information content (AvgIpc) is 3.68. The highest BCUT2D eigenvalue weighted by Crippen LogP contribution is 2.47. The Bertz CT molecular complexity index is 3090. The molecular weight excluding hydrogens is 678 g/mol. The van der Waals surface area contributed by atoms with Gasteiger partial charge in [0, 0.05) is 38.4 Å². The molecule has 0 aliphatic rings. The van der Waals surface area contributed by atoms with Gasteiger partial charge in [-0.2, -0.15) is 13.2 Å². The summed E-state index contributed by atoms with van der Waals surface area (Å²) in [6, 6.07) is 43.9. The van der Waals surface area contributed by atoms with Gasteiger partial charge in [0.1, 0.15) is 0 Å². The molecule has 9 rings (SSSR count). The van der Waals surface area contributed by atoms with Gasteiger partial charge in [0.2, 0.25) is 0 Å². The third kappa shape index (κ3) is 5.05. The smallest absolute Gasteiger partial charge is 0.310 e. The number of rotatable bonds is 4. The molecule has 7 heteroatoms. The maximum atomic E-state index is 13.8. The maximum Gasteiger partial charge on any atom is 0.415 e. The van der Waals surface area contributed by atoms with E-state index in [0.717, 1.165) is 78.2 Å². The van der Waals surface area contributed by atoms with Crippen molar-refractivity contribution in [1.82, 2.24) is 9.13 Å². The van der Waals surface area contributed by atoms with Crippen molar-refractivity contribution in [3.05, 3.63) is 179 Å². The Morgan fingerprint density at radius 2 is 1.06 bits per heavy atom. The molecule has 0 spiro atoms. The van der Waals surface area contributed by atoms with Crippen molar-refractivity contribution in [2.75, 3.05) is 0 Å². The van der Waals surface area contributed by atoms with Crippen LogP contribution in [0, 0.1) is 27.0 Å². The van der Waals surface area contributed by atoms with Crippen LogP contribution < -0.4 is 0 Å². The topological polar surface area (TPSA) is 18.6 Å². The zero-order valence-corrected chi connectivity index (χ0v) is 29.2. The second-order valence-corrected chi connectivity index (χ2v) is 13.6. The highest BCUT2D eigenvalue weighted by Gasteiger charge is 2.31. The van der Waals surface area contributed by atoms with Crippen LogP contribution >= 0.6 is 0 Å². The van der Waals surface area contributed by atoms with E-state index in [4.69, 9.17) is 13.1 Å². The van der Waals surface area contributed by atoms with Gasteiger partial charge in [0.05, 0.1) is 40.9 Å². The van der Waals surface area contributed by atoms with E-state index in [-0.39, 0.29) is 5.69 Å². The van der Waals surface area contributed by atoms with E-state index >= 15 is 0 Å². The zero-order chi connectivity index (χ0) is 37.3. The first-order valence-electron chi connectivity index (χ1n) is 17.4. The van der Waals surface area contributed by atoms with Gasteiger partial charge in [-0.3, -0.25) is 0 Å². The fourth-order valence-electron chi connectivity index (χ4n) is 7.92. The normalized spacial score (nSPS) is 11.8. The van der Waals surface area contributed by atoms with Crippen molar-refractivity contribution in [1.29, 1.82) is 0 Å². The number of alkyl halides is 3. The molecule has 0 amide bonds. The predicted molar refractivity (Wildman–Crippen MR) is 213 cm³/mol. The standard InChI is InChI=1S/C47H29F3N4/c1-28-16-21-42-35(24-28)33-10-5-7-13-40(33)53(42)44-23-18-30(32-20-19-31(47(48,49)50)27-39(32)52-4)26-37(44)46-38(51-3)12-9-15-45(46)54-41-14-8-6-11-34(41)36-25-29(2)17-22-43(36)54/h5-27H,1-2H3. The van der Waals surface area contributed by atoms with Crippen molar-refractivity contribution in [3.63, 3.8) is 0 Å². The number of para-hydroxylation sites is 2. The fraction of sp³-hybridized carbons (Fsp3) is 0.0638. The van der Waals surface area contributed by atoms with E-state index in [2.05, 4.69) is 93.3 Å². The molecule has 54 heavy (non-hydrogen) atoms. The lowest BCUT2D eigenvalue weighted by Crippen LogP contribution is -2.04. The van der Waals surface area contributed by atoms with Crippen molar-refractivity contribution in [2.45, 2.75) is 20.0 Å². The summed E-state index contributed by atoms with van der Waals surface area (Å²) in [6.45, 7) is 20.5. The number of halogens is 3. The maximum absolute atomic E-state index is 13.8. The van der Waals surface area contributed by atoms with Gasteiger partial charge in [-0.15, -0.1) is 0 Å². The van der Waals surface area contributed by atoms with Crippen LogP contribution in [0.1, 0.15) is 16.7 Å². The second kappa shape index (κ2) is 12.3. The summed E-state index contributed by atoms with van der Waals surface area (Å²) in [6.07, 6.45) is -4.59. The van der Waals surface area contributed by atoms with Crippen LogP contribution in [-0.2, 0) is 6.18 Å². The van der Waals surface area contributed by atoms with Gasteiger partial charge < -0.3 is 9.13 Å². The van der Waals surface area contributed by atoms with E-state index in [0.29, 0.717) is 27.9 Å². The van der Waals surface area contributed by atoms with Crippen LogP contribution in [0.15, 0.2) is 140 Å². The van der Waals surface area contributed by atoms with Crippen LogP contribution in [0.3, 0.4) is 0 Å². The van der Waals surface area contributed by atoms with Crippen molar-refractivity contribution < 1.29 is 13.2 Å². The summed E-state index contributed by atoms with van der Waals surface area (Å²) >= 11 is 0. The molecule has 7 aromatic carbocycles. The van der Waals surface area contributed by atoms with E-state index in [9.17, 15) is 13.2 Å². The van der Waals surface area contributed by atoms with Crippen LogP contribution in [0.5, 0.6) is 0 Å². The first kappa shape index (κ1) is 32.8. The Labute approximate surface area is 309 Å². The summed E-state index contributed by atoms with van der Waals surface area (Å²) in [5.74, 6) is 0. The molecule has 0 aliphatic heterocycles. The number of hydrogen-bond donors (Lipinski definition) is 0. The third-order valence-electron chi connectivity index (χ3n) is 10.3. The zero-order valence-electron chi connectivity index (χ0n) is 29.2. The van der Waals surface area contributed by atoms with Gasteiger partial charge in [0.25, 0.3) is 0 Å². The Hall–Kier alpha value is -7.09. The van der Waals surface area contributed by atoms with Crippen molar-refractivity contribution in [2.24, 2.45) is 0 Å². The molecule has 4 nitrogen and oxygen atoms in total. The first-order chi connectivity index (χ1) is 26.2. The summed E-state index contributed by atoms with van der Waals surface area (Å²) in [5, 5.41) is 4.31. The molecule has 0 bridgehead atoms. The molecule has 258 valence electrons. The van der Waals surface area contributed by atoms with Crippen LogP contribution in [0.4, 0.5) is 24.5 Å². The summed E-state index contributed by atoms with van der Waals surface area (Å²) in [5.41, 5.74) is 9.46. The number of benzene rings is 7. The number of aryl methyl sites for hydroxylation is 2. The number of nitrogens with zero attached hydrogens (tertiary/aromatic N) is 4. The molecular formula is C47H29F3N4. The largest absolute Gasteiger partial charge is 0.415 e. The Morgan fingerprint density at radius 3 is 1.65 bits per heavy atom. The lowest BCUT2D eigenvalue weighted by atomic mass is 9.93. The molecule has 0 fully saturated rings. The van der Waals surface area contributed by atoms with Crippen LogP contribution in [-0.4, -0.2) is 9.13 Å². The van der Waals surface area contributed by atoms with E-state index < -0.39 is 11.7 Å². The van der Waals surface area contributed by atoms with Crippen LogP contribution in [0.25, 0.3) is 86.9 Å². The van der Waals surface area contributed by atoms with E-state index in [1.165, 1.54) is 6.07 Å². The Morgan fingerprint density at radius 1 is 0.481 bits per heavy atom. The minimum Gasteiger partial charge on any atom is -0.310 e. The molecule has 2 aromatic heterocycles. The Kier molecular flexibility index (Phi) is 7.44. The lowest BCUT2D eigenvalue weighted by molar-refractivity contribution is -0.137. The SMILES string of the molecule is [C-]#[N+]c1cc(C(F)(F)F)ccc1-c1ccc(-n2c3ccccc3c3cc(C)ccc32)c(-c2c([N+]#[C-])cccc2-n2c3ccccc3c3cc(C)ccc32)c1. The van der Waals surface area contributed by atoms with Gasteiger partial charge in [-0.1, -0.05) is 90.0 Å². The molecule has 0 aliphatic carbocycles. The lowest BCUT2D eigenvalue weighted by Gasteiger charge is -2.21. The van der Waals surface area contributed by atoms with E-state index in [1.807, 2.05) is 54.6 Å². The van der Waals surface area contributed by atoms with Gasteiger partial charge in [-0.05, 0) is 91.2 Å². The monoisotopic (exact) mass is 706 g/mol. The highest BCUT2D eigenvalue weighted by molar-refractivity contribution is 6.12. The van der Waals surface area contributed by atoms with Gasteiger partial charge in [-0.25, -0.2) is 9.69 Å². The molecule has 0 atom stereocenters. The van der Waals surface area contributed by atoms with Crippen LogP contribution in [0.2, 0.25) is 0 Å². The average molecular weight is 707 g/mol. The fourth-order valence-corrected chi connectivity index (χ4v) is 7.92. The minimum atomic E-state index is -4.59. The highest BCUT2D eigenvalue weighted by atomic mass is 19.4. The van der Waals surface area contributed by atoms with Gasteiger partial charge in [0.15, 0.2) is 11.4 Å². The quantitative estimate of drug-likeness (QED) is 0.162. The van der Waals surface area contributed by atoms with Crippen molar-refractivity contribution >= 4 is 55.0 Å². The number of hydrogen-bond acceptors (Lipinski definition) is 0. The second-order valence-electron chi connectivity index (χ2n) is 13.6. The molecule has 9 aromatic rings. The van der Waals surface area contributed by atoms with E-state index in [1.54, 1.807) is 6.07 Å². The van der Waals surface area contributed by atoms with Crippen molar-refractivity contribution in [3.8, 4) is 33.6 Å². The molecule has 0 saturated carbocycles. The third-order valence-corrected chi connectivity index (χ3v) is 10.3. The first-order valence-corrected chi connectivity index (χ1v) is 17.4. The molecule has 0 N–H and O–H groups in total. The minimum absolute atomic E-state index is 0.104.